The zero-order chi connectivity index (χ0) is 20.1. The molecule has 2 fully saturated rings. The van der Waals surface area contributed by atoms with Gasteiger partial charge in [-0.2, -0.15) is 0 Å². The Bertz CT molecular complexity index is 798. The summed E-state index contributed by atoms with van der Waals surface area (Å²) in [6.07, 6.45) is 2.62. The van der Waals surface area contributed by atoms with Crippen LogP contribution in [0.5, 0.6) is 0 Å². The quantitative estimate of drug-likeness (QED) is 0.834. The second-order valence-electron chi connectivity index (χ2n) is 8.28. The summed E-state index contributed by atoms with van der Waals surface area (Å²) >= 11 is 0. The summed E-state index contributed by atoms with van der Waals surface area (Å²) < 4.78 is 5.40. The number of nitrogens with one attached hydrogen (secondary N) is 1. The van der Waals surface area contributed by atoms with Crippen LogP contribution in [-0.4, -0.2) is 50.2 Å². The Morgan fingerprint density at radius 3 is 2.45 bits per heavy atom. The van der Waals surface area contributed by atoms with Crippen LogP contribution in [0.1, 0.15) is 35.7 Å². The molecule has 0 aliphatic carbocycles. The highest BCUT2D eigenvalue weighted by Crippen LogP contribution is 2.20. The molecule has 2 saturated heterocycles. The van der Waals surface area contributed by atoms with Gasteiger partial charge in [0.1, 0.15) is 0 Å². The van der Waals surface area contributed by atoms with Gasteiger partial charge in [0.05, 0.1) is 13.2 Å². The number of anilines is 2. The zero-order valence-electron chi connectivity index (χ0n) is 17.3. The van der Waals surface area contributed by atoms with Crippen molar-refractivity contribution in [1.29, 1.82) is 0 Å². The summed E-state index contributed by atoms with van der Waals surface area (Å²) in [5.74, 6) is 0.714. The first-order chi connectivity index (χ1) is 14.2. The van der Waals surface area contributed by atoms with E-state index in [1.54, 1.807) is 0 Å². The van der Waals surface area contributed by atoms with E-state index in [1.165, 1.54) is 37.2 Å². The van der Waals surface area contributed by atoms with Gasteiger partial charge in [-0.25, -0.2) is 0 Å². The maximum Gasteiger partial charge on any atom is 0.255 e. The van der Waals surface area contributed by atoms with Crippen molar-refractivity contribution in [3.8, 4) is 0 Å². The minimum Gasteiger partial charge on any atom is -0.378 e. The fourth-order valence-electron chi connectivity index (χ4n) is 4.23. The molecule has 5 nitrogen and oxygen atoms in total. The largest absolute Gasteiger partial charge is 0.378 e. The van der Waals surface area contributed by atoms with Gasteiger partial charge in [0, 0.05) is 43.1 Å². The molecular formula is C24H31N3O2. The van der Waals surface area contributed by atoms with Crippen molar-refractivity contribution in [3.05, 3.63) is 59.7 Å². The molecule has 2 aliphatic rings. The van der Waals surface area contributed by atoms with Crippen LogP contribution < -0.4 is 10.2 Å². The third kappa shape index (κ3) is 5.37. The molecule has 4 rings (SSSR count). The number of ether oxygens (including phenoxy) is 1. The van der Waals surface area contributed by atoms with E-state index in [9.17, 15) is 4.79 Å². The van der Waals surface area contributed by atoms with Crippen LogP contribution in [0, 0.1) is 5.92 Å². The number of amides is 1. The lowest BCUT2D eigenvalue weighted by Gasteiger charge is -2.30. The van der Waals surface area contributed by atoms with E-state index in [2.05, 4.69) is 46.3 Å². The lowest BCUT2D eigenvalue weighted by molar-refractivity contribution is 0.102. The van der Waals surface area contributed by atoms with Crippen LogP contribution in [0.25, 0.3) is 0 Å². The minimum absolute atomic E-state index is 0.0673. The molecule has 1 atom stereocenters. The number of benzene rings is 2. The van der Waals surface area contributed by atoms with Gasteiger partial charge in [0.15, 0.2) is 0 Å². The number of carbonyl (C=O) groups excluding carboxylic acids is 1. The first-order valence-electron chi connectivity index (χ1n) is 10.7. The van der Waals surface area contributed by atoms with Crippen molar-refractivity contribution in [1.82, 2.24) is 4.90 Å². The molecule has 29 heavy (non-hydrogen) atoms. The average Bonchev–Trinajstić information content (AvgIpc) is 2.75. The van der Waals surface area contributed by atoms with E-state index in [0.29, 0.717) is 5.56 Å². The Hall–Kier alpha value is -2.37. The van der Waals surface area contributed by atoms with Gasteiger partial charge in [0.2, 0.25) is 0 Å². The third-order valence-corrected chi connectivity index (χ3v) is 5.86. The fraction of sp³-hybridized carbons (Fsp3) is 0.458. The second kappa shape index (κ2) is 9.42. The Morgan fingerprint density at radius 2 is 1.76 bits per heavy atom. The van der Waals surface area contributed by atoms with Gasteiger partial charge in [0.25, 0.3) is 5.91 Å². The van der Waals surface area contributed by atoms with Crippen LogP contribution >= 0.6 is 0 Å². The lowest BCUT2D eigenvalue weighted by atomic mass is 9.99. The Balaban J connectivity index is 1.32. The Morgan fingerprint density at radius 1 is 1.03 bits per heavy atom. The summed E-state index contributed by atoms with van der Waals surface area (Å²) in [5.41, 5.74) is 3.95. The molecule has 0 saturated carbocycles. The number of rotatable bonds is 5. The van der Waals surface area contributed by atoms with Gasteiger partial charge >= 0.3 is 0 Å². The highest BCUT2D eigenvalue weighted by molar-refractivity contribution is 6.04. The molecule has 1 N–H and O–H groups in total. The van der Waals surface area contributed by atoms with Gasteiger partial charge < -0.3 is 15.0 Å². The van der Waals surface area contributed by atoms with Crippen molar-refractivity contribution in [2.45, 2.75) is 26.3 Å². The van der Waals surface area contributed by atoms with Crippen molar-refractivity contribution in [2.24, 2.45) is 5.92 Å². The number of hydrogen-bond acceptors (Lipinski definition) is 4. The molecule has 0 bridgehead atoms. The maximum atomic E-state index is 12.6. The highest BCUT2D eigenvalue weighted by Gasteiger charge is 2.16. The average molecular weight is 394 g/mol. The standard InChI is InChI=1S/C24H31N3O2/c1-19-3-2-12-26(17-19)18-20-4-6-21(7-5-20)24(28)25-22-8-10-23(11-9-22)27-13-15-29-16-14-27/h4-11,19H,2-3,12-18H2,1H3,(H,25,28)/t19-/m0/s1. The molecule has 2 aromatic carbocycles. The third-order valence-electron chi connectivity index (χ3n) is 5.86. The fourth-order valence-corrected chi connectivity index (χ4v) is 4.23. The molecule has 2 aromatic rings. The number of morpholine rings is 1. The van der Waals surface area contributed by atoms with E-state index in [0.717, 1.165) is 44.5 Å². The van der Waals surface area contributed by atoms with E-state index in [1.807, 2.05) is 24.3 Å². The molecule has 154 valence electrons. The van der Waals surface area contributed by atoms with Crippen LogP contribution in [0.4, 0.5) is 11.4 Å². The van der Waals surface area contributed by atoms with Crippen LogP contribution in [-0.2, 0) is 11.3 Å². The Labute approximate surface area is 173 Å². The van der Waals surface area contributed by atoms with Crippen LogP contribution in [0.3, 0.4) is 0 Å². The summed E-state index contributed by atoms with van der Waals surface area (Å²) in [7, 11) is 0. The van der Waals surface area contributed by atoms with E-state index in [-0.39, 0.29) is 5.91 Å². The first-order valence-corrected chi connectivity index (χ1v) is 10.7. The molecule has 5 heteroatoms. The number of piperidine rings is 1. The predicted molar refractivity (Wildman–Crippen MR) is 118 cm³/mol. The summed E-state index contributed by atoms with van der Waals surface area (Å²) in [5, 5.41) is 3.00. The van der Waals surface area contributed by atoms with Crippen molar-refractivity contribution < 1.29 is 9.53 Å². The van der Waals surface area contributed by atoms with Gasteiger partial charge in [-0.05, 0) is 67.3 Å². The zero-order valence-corrected chi connectivity index (χ0v) is 17.3. The van der Waals surface area contributed by atoms with Gasteiger partial charge in [-0.3, -0.25) is 9.69 Å². The molecule has 2 heterocycles. The number of carbonyl (C=O) groups is 1. The van der Waals surface area contributed by atoms with E-state index in [4.69, 9.17) is 4.74 Å². The number of likely N-dealkylation sites (tertiary alicyclic amines) is 1. The number of hydrogen-bond donors (Lipinski definition) is 1. The molecule has 0 unspecified atom stereocenters. The minimum atomic E-state index is -0.0673. The molecule has 2 aliphatic heterocycles. The van der Waals surface area contributed by atoms with Crippen LogP contribution in [0.2, 0.25) is 0 Å². The topological polar surface area (TPSA) is 44.8 Å². The smallest absolute Gasteiger partial charge is 0.255 e. The van der Waals surface area contributed by atoms with Gasteiger partial charge in [-0.1, -0.05) is 19.1 Å². The Kier molecular flexibility index (Phi) is 6.47. The highest BCUT2D eigenvalue weighted by atomic mass is 16.5. The molecule has 0 radical (unpaired) electrons. The SMILES string of the molecule is C[C@H]1CCCN(Cc2ccc(C(=O)Nc3ccc(N4CCOCC4)cc3)cc2)C1. The van der Waals surface area contributed by atoms with Crippen LogP contribution in [0.15, 0.2) is 48.5 Å². The van der Waals surface area contributed by atoms with E-state index < -0.39 is 0 Å². The normalized spacial score (nSPS) is 20.4. The molecule has 0 aromatic heterocycles. The monoisotopic (exact) mass is 393 g/mol. The van der Waals surface area contributed by atoms with Crippen molar-refractivity contribution >= 4 is 17.3 Å². The summed E-state index contributed by atoms with van der Waals surface area (Å²) in [4.78, 5) is 17.4. The maximum absolute atomic E-state index is 12.6. The molecule has 1 amide bonds. The lowest BCUT2D eigenvalue weighted by Crippen LogP contribution is -2.36. The molecular weight excluding hydrogens is 362 g/mol. The second-order valence-corrected chi connectivity index (χ2v) is 8.28. The predicted octanol–water partition coefficient (Wildman–Crippen LogP) is 4.01. The molecule has 0 spiro atoms. The number of nitrogens with zero attached hydrogens (tertiary/aromatic N) is 2. The van der Waals surface area contributed by atoms with Gasteiger partial charge in [-0.15, -0.1) is 0 Å². The summed E-state index contributed by atoms with van der Waals surface area (Å²) in [6, 6.07) is 16.1. The van der Waals surface area contributed by atoms with E-state index >= 15 is 0 Å². The van der Waals surface area contributed by atoms with Crippen molar-refractivity contribution in [3.63, 3.8) is 0 Å². The van der Waals surface area contributed by atoms with Crippen molar-refractivity contribution in [2.75, 3.05) is 49.6 Å². The first kappa shape index (κ1) is 19.9. The summed E-state index contributed by atoms with van der Waals surface area (Å²) in [6.45, 7) is 9.00.